The van der Waals surface area contributed by atoms with E-state index in [-0.39, 0.29) is 11.7 Å². The summed E-state index contributed by atoms with van der Waals surface area (Å²) in [5, 5.41) is 0. The summed E-state index contributed by atoms with van der Waals surface area (Å²) in [5.74, 6) is 0.354. The fourth-order valence-corrected chi connectivity index (χ4v) is 3.27. The fraction of sp³-hybridized carbons (Fsp3) is 0.364. The Hall–Kier alpha value is -2.89. The summed E-state index contributed by atoms with van der Waals surface area (Å²) in [4.78, 5) is 27.5. The fourth-order valence-electron chi connectivity index (χ4n) is 3.27. The monoisotopic (exact) mass is 384 g/mol. The first kappa shape index (κ1) is 19.9. The van der Waals surface area contributed by atoms with Crippen molar-refractivity contribution >= 4 is 17.4 Å². The highest BCUT2D eigenvalue weighted by Crippen LogP contribution is 2.22. The molecule has 0 N–H and O–H groups in total. The molecule has 1 fully saturated rings. The van der Waals surface area contributed by atoms with Crippen molar-refractivity contribution in [2.75, 3.05) is 37.7 Å². The van der Waals surface area contributed by atoms with Gasteiger partial charge in [0.2, 0.25) is 5.91 Å². The number of para-hydroxylation sites is 1. The lowest BCUT2D eigenvalue weighted by Crippen LogP contribution is -2.49. The lowest BCUT2D eigenvalue weighted by molar-refractivity contribution is -0.131. The molecular formula is C22H25FN2O3. The Morgan fingerprint density at radius 3 is 2.39 bits per heavy atom. The van der Waals surface area contributed by atoms with E-state index in [1.54, 1.807) is 12.1 Å². The summed E-state index contributed by atoms with van der Waals surface area (Å²) >= 11 is 0. The molecule has 3 rings (SSSR count). The van der Waals surface area contributed by atoms with Gasteiger partial charge in [0.1, 0.15) is 11.6 Å². The minimum Gasteiger partial charge on any atom is -0.494 e. The van der Waals surface area contributed by atoms with E-state index in [0.29, 0.717) is 56.9 Å². The van der Waals surface area contributed by atoms with Crippen LogP contribution in [0.5, 0.6) is 5.75 Å². The number of ketones is 1. The van der Waals surface area contributed by atoms with Crippen molar-refractivity contribution < 1.29 is 18.7 Å². The number of anilines is 1. The SMILES string of the molecule is CC(=O)c1ccc(N2CCN(C(=O)CCCOc3ccccc3)CC2)c(F)c1. The molecule has 0 radical (unpaired) electrons. The number of halogens is 1. The van der Waals surface area contributed by atoms with E-state index in [1.807, 2.05) is 40.1 Å². The standard InChI is InChI=1S/C22H25FN2O3/c1-17(26)18-9-10-21(20(23)16-18)24-11-13-25(14-12-24)22(27)8-5-15-28-19-6-3-2-4-7-19/h2-4,6-7,9-10,16H,5,8,11-15H2,1H3. The van der Waals surface area contributed by atoms with Crippen molar-refractivity contribution in [2.24, 2.45) is 0 Å². The number of piperazine rings is 1. The van der Waals surface area contributed by atoms with Crippen LogP contribution in [0, 0.1) is 5.82 Å². The highest BCUT2D eigenvalue weighted by molar-refractivity contribution is 5.94. The van der Waals surface area contributed by atoms with Crippen LogP contribution < -0.4 is 9.64 Å². The number of carbonyl (C=O) groups is 2. The molecular weight excluding hydrogens is 359 g/mol. The number of benzene rings is 2. The molecule has 0 aliphatic carbocycles. The number of nitrogens with zero attached hydrogens (tertiary/aromatic N) is 2. The van der Waals surface area contributed by atoms with Crippen LogP contribution in [0.3, 0.4) is 0 Å². The Morgan fingerprint density at radius 1 is 1.04 bits per heavy atom. The third-order valence-electron chi connectivity index (χ3n) is 4.87. The van der Waals surface area contributed by atoms with Crippen molar-refractivity contribution in [3.8, 4) is 5.75 Å². The smallest absolute Gasteiger partial charge is 0.222 e. The second kappa shape index (κ2) is 9.35. The largest absolute Gasteiger partial charge is 0.494 e. The van der Waals surface area contributed by atoms with E-state index < -0.39 is 5.82 Å². The summed E-state index contributed by atoms with van der Waals surface area (Å²) in [6.07, 6.45) is 1.10. The molecule has 0 aromatic heterocycles. The maximum Gasteiger partial charge on any atom is 0.222 e. The van der Waals surface area contributed by atoms with Gasteiger partial charge >= 0.3 is 0 Å². The lowest BCUT2D eigenvalue weighted by atomic mass is 10.1. The molecule has 0 spiro atoms. The van der Waals surface area contributed by atoms with E-state index in [0.717, 1.165) is 5.75 Å². The molecule has 2 aromatic rings. The number of carbonyl (C=O) groups excluding carboxylic acids is 2. The zero-order chi connectivity index (χ0) is 19.9. The van der Waals surface area contributed by atoms with Crippen LogP contribution in [-0.2, 0) is 4.79 Å². The Bertz CT molecular complexity index is 818. The molecule has 1 heterocycles. The van der Waals surface area contributed by atoms with Crippen LogP contribution in [0.1, 0.15) is 30.1 Å². The van der Waals surface area contributed by atoms with Gasteiger partial charge in [-0.3, -0.25) is 9.59 Å². The number of amides is 1. The van der Waals surface area contributed by atoms with Gasteiger partial charge in [0.05, 0.1) is 12.3 Å². The Kier molecular flexibility index (Phi) is 6.63. The topological polar surface area (TPSA) is 49.9 Å². The molecule has 0 unspecified atom stereocenters. The zero-order valence-corrected chi connectivity index (χ0v) is 16.1. The summed E-state index contributed by atoms with van der Waals surface area (Å²) < 4.78 is 19.9. The van der Waals surface area contributed by atoms with Crippen LogP contribution >= 0.6 is 0 Å². The second-order valence-corrected chi connectivity index (χ2v) is 6.86. The van der Waals surface area contributed by atoms with Gasteiger partial charge in [0, 0.05) is 38.2 Å². The Balaban J connectivity index is 1.43. The lowest BCUT2D eigenvalue weighted by Gasteiger charge is -2.36. The molecule has 0 bridgehead atoms. The van der Waals surface area contributed by atoms with E-state index in [2.05, 4.69) is 0 Å². The Labute approximate surface area is 164 Å². The quantitative estimate of drug-likeness (QED) is 0.541. The summed E-state index contributed by atoms with van der Waals surface area (Å²) in [6.45, 7) is 4.19. The second-order valence-electron chi connectivity index (χ2n) is 6.86. The molecule has 28 heavy (non-hydrogen) atoms. The maximum absolute atomic E-state index is 14.3. The number of Topliss-reactive ketones (excluding diaryl/α,β-unsaturated/α-hetero) is 1. The predicted molar refractivity (Wildman–Crippen MR) is 106 cm³/mol. The highest BCUT2D eigenvalue weighted by atomic mass is 19.1. The van der Waals surface area contributed by atoms with Crippen LogP contribution in [0.2, 0.25) is 0 Å². The van der Waals surface area contributed by atoms with Gasteiger partial charge in [-0.15, -0.1) is 0 Å². The molecule has 1 amide bonds. The number of ether oxygens (including phenoxy) is 1. The summed E-state index contributed by atoms with van der Waals surface area (Å²) in [6, 6.07) is 14.1. The van der Waals surface area contributed by atoms with Gasteiger partial charge in [-0.1, -0.05) is 18.2 Å². The third kappa shape index (κ3) is 5.09. The first-order valence-corrected chi connectivity index (χ1v) is 9.55. The van der Waals surface area contributed by atoms with Gasteiger partial charge in [0.15, 0.2) is 5.78 Å². The summed E-state index contributed by atoms with van der Waals surface area (Å²) in [5.41, 5.74) is 0.848. The average molecular weight is 384 g/mol. The van der Waals surface area contributed by atoms with Crippen molar-refractivity contribution in [2.45, 2.75) is 19.8 Å². The molecule has 0 atom stereocenters. The first-order valence-electron chi connectivity index (χ1n) is 9.55. The maximum atomic E-state index is 14.3. The van der Waals surface area contributed by atoms with Crippen molar-refractivity contribution in [3.63, 3.8) is 0 Å². The van der Waals surface area contributed by atoms with Crippen molar-refractivity contribution in [1.29, 1.82) is 0 Å². The molecule has 1 aliphatic heterocycles. The minimum absolute atomic E-state index is 0.101. The van der Waals surface area contributed by atoms with E-state index in [4.69, 9.17) is 4.74 Å². The van der Waals surface area contributed by atoms with Crippen molar-refractivity contribution in [3.05, 3.63) is 59.9 Å². The van der Waals surface area contributed by atoms with Gasteiger partial charge in [-0.25, -0.2) is 4.39 Å². The van der Waals surface area contributed by atoms with Crippen LogP contribution in [0.15, 0.2) is 48.5 Å². The van der Waals surface area contributed by atoms with Crippen molar-refractivity contribution in [1.82, 2.24) is 4.90 Å². The van der Waals surface area contributed by atoms with E-state index >= 15 is 0 Å². The van der Waals surface area contributed by atoms with Gasteiger partial charge < -0.3 is 14.5 Å². The molecule has 1 saturated heterocycles. The normalized spacial score (nSPS) is 14.1. The van der Waals surface area contributed by atoms with Gasteiger partial charge in [0.25, 0.3) is 0 Å². The average Bonchev–Trinajstić information content (AvgIpc) is 2.72. The zero-order valence-electron chi connectivity index (χ0n) is 16.1. The first-order chi connectivity index (χ1) is 13.5. The van der Waals surface area contributed by atoms with E-state index in [9.17, 15) is 14.0 Å². The van der Waals surface area contributed by atoms with Crippen LogP contribution in [0.4, 0.5) is 10.1 Å². The van der Waals surface area contributed by atoms with Crippen LogP contribution in [0.25, 0.3) is 0 Å². The highest BCUT2D eigenvalue weighted by Gasteiger charge is 2.22. The molecule has 0 saturated carbocycles. The number of hydrogen-bond acceptors (Lipinski definition) is 4. The number of rotatable bonds is 7. The van der Waals surface area contributed by atoms with E-state index in [1.165, 1.54) is 13.0 Å². The molecule has 148 valence electrons. The van der Waals surface area contributed by atoms with Crippen LogP contribution in [-0.4, -0.2) is 49.4 Å². The predicted octanol–water partition coefficient (Wildman–Crippen LogP) is 3.54. The molecule has 5 nitrogen and oxygen atoms in total. The van der Waals surface area contributed by atoms with Gasteiger partial charge in [-0.05, 0) is 43.7 Å². The Morgan fingerprint density at radius 2 is 1.75 bits per heavy atom. The molecule has 2 aromatic carbocycles. The summed E-state index contributed by atoms with van der Waals surface area (Å²) in [7, 11) is 0. The third-order valence-corrected chi connectivity index (χ3v) is 4.87. The number of hydrogen-bond donors (Lipinski definition) is 0. The van der Waals surface area contributed by atoms with Gasteiger partial charge in [-0.2, -0.15) is 0 Å². The molecule has 1 aliphatic rings. The minimum atomic E-state index is -0.398. The molecule has 6 heteroatoms.